The maximum absolute atomic E-state index is 10.9. The Morgan fingerprint density at radius 2 is 2.00 bits per heavy atom. The van der Waals surface area contributed by atoms with E-state index in [1.54, 1.807) is 0 Å². The normalized spacial score (nSPS) is 10.6. The Labute approximate surface area is 81.0 Å². The molecule has 0 heterocycles. The first-order valence-electron chi connectivity index (χ1n) is 5.14. The van der Waals surface area contributed by atoms with Crippen LogP contribution in [0, 0.1) is 0 Å². The van der Waals surface area contributed by atoms with E-state index in [1.807, 2.05) is 13.0 Å². The van der Waals surface area contributed by atoms with E-state index < -0.39 is 0 Å². The molecule has 0 aliphatic carbocycles. The van der Waals surface area contributed by atoms with E-state index >= 15 is 0 Å². The summed E-state index contributed by atoms with van der Waals surface area (Å²) in [6.45, 7) is 4.68. The molecule has 2 nitrogen and oxygen atoms in total. The highest BCUT2D eigenvalue weighted by Crippen LogP contribution is 1.99. The van der Waals surface area contributed by atoms with Crippen molar-refractivity contribution in [1.29, 1.82) is 0 Å². The molecule has 0 bridgehead atoms. The van der Waals surface area contributed by atoms with Crippen molar-refractivity contribution in [1.82, 2.24) is 0 Å². The molecule has 13 heavy (non-hydrogen) atoms. The lowest BCUT2D eigenvalue weighted by Crippen LogP contribution is -2.00. The smallest absolute Gasteiger partial charge is 0.330 e. The molecule has 0 N–H and O–H groups in total. The van der Waals surface area contributed by atoms with Crippen molar-refractivity contribution < 1.29 is 9.53 Å². The van der Waals surface area contributed by atoms with Gasteiger partial charge in [0.15, 0.2) is 0 Å². The van der Waals surface area contributed by atoms with Crippen LogP contribution >= 0.6 is 0 Å². The molecule has 0 saturated carbocycles. The quantitative estimate of drug-likeness (QED) is 0.345. The van der Waals surface area contributed by atoms with E-state index in [0.717, 1.165) is 19.3 Å². The summed E-state index contributed by atoms with van der Waals surface area (Å²) in [4.78, 5) is 10.9. The molecule has 0 aromatic rings. The topological polar surface area (TPSA) is 26.3 Å². The molecule has 0 spiro atoms. The van der Waals surface area contributed by atoms with Gasteiger partial charge in [-0.15, -0.1) is 0 Å². The second-order valence-electron chi connectivity index (χ2n) is 3.07. The zero-order valence-corrected chi connectivity index (χ0v) is 8.71. The molecular weight excluding hydrogens is 164 g/mol. The van der Waals surface area contributed by atoms with Gasteiger partial charge < -0.3 is 4.74 Å². The van der Waals surface area contributed by atoms with Crippen LogP contribution < -0.4 is 0 Å². The summed E-state index contributed by atoms with van der Waals surface area (Å²) in [6.07, 6.45) is 8.90. The predicted molar refractivity (Wildman–Crippen MR) is 54.5 cm³/mol. The Morgan fingerprint density at radius 3 is 2.62 bits per heavy atom. The molecule has 0 aliphatic heterocycles. The second kappa shape index (κ2) is 9.30. The molecule has 0 atom stereocenters. The highest BCUT2D eigenvalue weighted by atomic mass is 16.5. The maximum Gasteiger partial charge on any atom is 0.330 e. The van der Waals surface area contributed by atoms with Gasteiger partial charge >= 0.3 is 5.97 Å². The zero-order chi connectivity index (χ0) is 9.94. The summed E-state index contributed by atoms with van der Waals surface area (Å²) in [7, 11) is 0. The molecule has 0 amide bonds. The first-order valence-corrected chi connectivity index (χ1v) is 5.14. The fraction of sp³-hybridized carbons (Fsp3) is 0.727. The third-order valence-electron chi connectivity index (χ3n) is 1.68. The first kappa shape index (κ1) is 12.2. The molecule has 0 aliphatic rings. The Hall–Kier alpha value is -0.790. The van der Waals surface area contributed by atoms with Gasteiger partial charge in [-0.2, -0.15) is 0 Å². The molecule has 0 aromatic carbocycles. The highest BCUT2D eigenvalue weighted by molar-refractivity contribution is 5.81. The summed E-state index contributed by atoms with van der Waals surface area (Å²) < 4.78 is 4.87. The van der Waals surface area contributed by atoms with Gasteiger partial charge in [0.2, 0.25) is 0 Å². The summed E-state index contributed by atoms with van der Waals surface area (Å²) in [5.74, 6) is -0.210. The molecule has 0 unspecified atom stereocenters. The molecule has 0 fully saturated rings. The van der Waals surface area contributed by atoms with Gasteiger partial charge in [0.25, 0.3) is 0 Å². The van der Waals surface area contributed by atoms with E-state index in [1.165, 1.54) is 18.9 Å². The molecule has 0 aromatic heterocycles. The van der Waals surface area contributed by atoms with Crippen molar-refractivity contribution >= 4 is 5.97 Å². The van der Waals surface area contributed by atoms with Gasteiger partial charge in [0.05, 0.1) is 6.61 Å². The number of hydrogen-bond donors (Lipinski definition) is 0. The van der Waals surface area contributed by atoms with Crippen molar-refractivity contribution in [3.63, 3.8) is 0 Å². The van der Waals surface area contributed by atoms with Crippen LogP contribution in [0.25, 0.3) is 0 Å². The van der Waals surface area contributed by atoms with Crippen molar-refractivity contribution in [2.24, 2.45) is 0 Å². The van der Waals surface area contributed by atoms with Crippen LogP contribution in [0.5, 0.6) is 0 Å². The lowest BCUT2D eigenvalue weighted by atomic mass is 10.2. The maximum atomic E-state index is 10.9. The summed E-state index contributed by atoms with van der Waals surface area (Å²) in [6, 6.07) is 0. The van der Waals surface area contributed by atoms with E-state index in [2.05, 4.69) is 6.92 Å². The number of unbranched alkanes of at least 4 members (excludes halogenated alkanes) is 3. The minimum atomic E-state index is -0.210. The van der Waals surface area contributed by atoms with Crippen molar-refractivity contribution in [3.8, 4) is 0 Å². The number of carbonyl (C=O) groups excluding carboxylic acids is 1. The zero-order valence-electron chi connectivity index (χ0n) is 8.71. The molecular formula is C11H20O2. The van der Waals surface area contributed by atoms with E-state index in [4.69, 9.17) is 4.74 Å². The van der Waals surface area contributed by atoms with E-state index in [9.17, 15) is 4.79 Å². The Balaban J connectivity index is 3.31. The largest absolute Gasteiger partial charge is 0.463 e. The highest BCUT2D eigenvalue weighted by Gasteiger charge is 1.93. The summed E-state index contributed by atoms with van der Waals surface area (Å²) in [5, 5.41) is 0. The minimum absolute atomic E-state index is 0.210. The van der Waals surface area contributed by atoms with Crippen molar-refractivity contribution in [3.05, 3.63) is 12.2 Å². The second-order valence-corrected chi connectivity index (χ2v) is 3.07. The van der Waals surface area contributed by atoms with Crippen LogP contribution in [-0.4, -0.2) is 12.6 Å². The number of ether oxygens (including phenoxy) is 1. The molecule has 0 rings (SSSR count). The third-order valence-corrected chi connectivity index (χ3v) is 1.68. The predicted octanol–water partition coefficient (Wildman–Crippen LogP) is 3.08. The average Bonchev–Trinajstić information content (AvgIpc) is 2.14. The van der Waals surface area contributed by atoms with Crippen LogP contribution in [-0.2, 0) is 9.53 Å². The van der Waals surface area contributed by atoms with Gasteiger partial charge in [-0.25, -0.2) is 4.79 Å². The number of carbonyl (C=O) groups is 1. The Bertz CT molecular complexity index is 150. The van der Waals surface area contributed by atoms with Crippen LogP contribution in [0.2, 0.25) is 0 Å². The molecule has 0 saturated heterocycles. The standard InChI is InChI=1S/C11H20O2/c1-3-5-6-7-8-9-11(12)13-10-4-2/h8-9H,3-7,10H2,1-2H3. The van der Waals surface area contributed by atoms with Gasteiger partial charge in [-0.3, -0.25) is 0 Å². The van der Waals surface area contributed by atoms with Crippen molar-refractivity contribution in [2.45, 2.75) is 46.0 Å². The number of allylic oxidation sites excluding steroid dienone is 1. The van der Waals surface area contributed by atoms with Crippen molar-refractivity contribution in [2.75, 3.05) is 6.61 Å². The van der Waals surface area contributed by atoms with Crippen LogP contribution in [0.4, 0.5) is 0 Å². The minimum Gasteiger partial charge on any atom is -0.463 e. The fourth-order valence-electron chi connectivity index (χ4n) is 0.943. The Kier molecular flexibility index (Phi) is 8.73. The van der Waals surface area contributed by atoms with Gasteiger partial charge in [-0.05, 0) is 19.3 Å². The van der Waals surface area contributed by atoms with Crippen LogP contribution in [0.3, 0.4) is 0 Å². The molecule has 2 heteroatoms. The van der Waals surface area contributed by atoms with Gasteiger partial charge in [0, 0.05) is 6.08 Å². The lowest BCUT2D eigenvalue weighted by Gasteiger charge is -1.97. The fourth-order valence-corrected chi connectivity index (χ4v) is 0.943. The van der Waals surface area contributed by atoms with E-state index in [-0.39, 0.29) is 5.97 Å². The molecule has 0 radical (unpaired) electrons. The van der Waals surface area contributed by atoms with E-state index in [0.29, 0.717) is 6.61 Å². The molecule has 76 valence electrons. The monoisotopic (exact) mass is 184 g/mol. The average molecular weight is 184 g/mol. The van der Waals surface area contributed by atoms with Gasteiger partial charge in [-0.1, -0.05) is 32.8 Å². The number of hydrogen-bond acceptors (Lipinski definition) is 2. The van der Waals surface area contributed by atoms with Crippen LogP contribution in [0.15, 0.2) is 12.2 Å². The number of rotatable bonds is 7. The Morgan fingerprint density at radius 1 is 1.23 bits per heavy atom. The van der Waals surface area contributed by atoms with Crippen LogP contribution in [0.1, 0.15) is 46.0 Å². The first-order chi connectivity index (χ1) is 6.31. The summed E-state index contributed by atoms with van der Waals surface area (Å²) >= 11 is 0. The third kappa shape index (κ3) is 9.12. The summed E-state index contributed by atoms with van der Waals surface area (Å²) in [5.41, 5.74) is 0. The van der Waals surface area contributed by atoms with Gasteiger partial charge in [0.1, 0.15) is 0 Å². The SMILES string of the molecule is CCCCCC=CC(=O)OCCC. The lowest BCUT2D eigenvalue weighted by molar-refractivity contribution is -0.137. The number of esters is 1.